The molecule has 0 aromatic heterocycles. The topological polar surface area (TPSA) is 61.4 Å². The molecule has 1 heterocycles. The minimum absolute atomic E-state index is 0.0365. The Morgan fingerprint density at radius 1 is 1.06 bits per heavy atom. The van der Waals surface area contributed by atoms with Gasteiger partial charge in [-0.15, -0.1) is 0 Å². The number of hydrogen-bond acceptors (Lipinski definition) is 3. The lowest BCUT2D eigenvalue weighted by atomic mass is 9.96. The first-order valence-corrected chi connectivity index (χ1v) is 11.5. The van der Waals surface area contributed by atoms with E-state index in [1.807, 2.05) is 19.9 Å². The predicted octanol–water partition coefficient (Wildman–Crippen LogP) is 4.27. The summed E-state index contributed by atoms with van der Waals surface area (Å²) in [4.78, 5) is 28.1. The first kappa shape index (κ1) is 23.3. The van der Waals surface area contributed by atoms with Crippen molar-refractivity contribution in [3.8, 4) is 0 Å². The van der Waals surface area contributed by atoms with Gasteiger partial charge in [-0.3, -0.25) is 14.5 Å². The Labute approximate surface area is 190 Å². The van der Waals surface area contributed by atoms with Crippen LogP contribution in [0.5, 0.6) is 0 Å². The minimum atomic E-state index is -0.560. The number of nitrogens with one attached hydrogen (secondary N) is 2. The number of piperidine rings is 1. The third-order valence-electron chi connectivity index (χ3n) is 6.07. The van der Waals surface area contributed by atoms with Gasteiger partial charge in [-0.1, -0.05) is 62.2 Å². The molecule has 6 heteroatoms. The van der Waals surface area contributed by atoms with Crippen LogP contribution in [0, 0.1) is 5.92 Å². The zero-order valence-electron chi connectivity index (χ0n) is 18.3. The van der Waals surface area contributed by atoms with Gasteiger partial charge in [0, 0.05) is 36.3 Å². The summed E-state index contributed by atoms with van der Waals surface area (Å²) in [5.74, 6) is -0.317. The number of carbonyl (C=O) groups is 2. The standard InChI is InChI=1S/C25H32ClN3O2/c1-3-18(2)23(28-24(30)20-9-11-21(26)12-10-20)25(31)27-22-13-15-29(16-14-22)17-19-7-5-4-6-8-19/h4-12,18,22-23H,3,13-17H2,1-2H3,(H,27,31)(H,28,30). The molecule has 0 spiro atoms. The highest BCUT2D eigenvalue weighted by molar-refractivity contribution is 6.30. The van der Waals surface area contributed by atoms with E-state index in [9.17, 15) is 9.59 Å². The van der Waals surface area contributed by atoms with Crippen molar-refractivity contribution in [2.45, 2.75) is 51.7 Å². The normalized spacial score (nSPS) is 17.0. The fourth-order valence-corrected chi connectivity index (χ4v) is 4.02. The van der Waals surface area contributed by atoms with E-state index >= 15 is 0 Å². The molecular weight excluding hydrogens is 410 g/mol. The van der Waals surface area contributed by atoms with E-state index in [1.54, 1.807) is 24.3 Å². The highest BCUT2D eigenvalue weighted by Crippen LogP contribution is 2.16. The zero-order valence-corrected chi connectivity index (χ0v) is 19.1. The molecule has 2 unspecified atom stereocenters. The Kier molecular flexibility index (Phi) is 8.50. The van der Waals surface area contributed by atoms with Crippen molar-refractivity contribution < 1.29 is 9.59 Å². The molecule has 0 bridgehead atoms. The number of nitrogens with zero attached hydrogens (tertiary/aromatic N) is 1. The van der Waals surface area contributed by atoms with Crippen LogP contribution in [0.25, 0.3) is 0 Å². The lowest BCUT2D eigenvalue weighted by Crippen LogP contribution is -2.54. The average Bonchev–Trinajstić information content (AvgIpc) is 2.79. The molecule has 0 saturated carbocycles. The number of halogens is 1. The molecule has 1 fully saturated rings. The van der Waals surface area contributed by atoms with Crippen LogP contribution < -0.4 is 10.6 Å². The summed E-state index contributed by atoms with van der Waals surface area (Å²) in [5, 5.41) is 6.69. The quantitative estimate of drug-likeness (QED) is 0.643. The molecule has 2 atom stereocenters. The maximum atomic E-state index is 13.0. The van der Waals surface area contributed by atoms with Crippen LogP contribution in [-0.4, -0.2) is 41.9 Å². The van der Waals surface area contributed by atoms with Gasteiger partial charge in [-0.05, 0) is 48.6 Å². The van der Waals surface area contributed by atoms with Gasteiger partial charge in [0.25, 0.3) is 5.91 Å². The molecule has 31 heavy (non-hydrogen) atoms. The summed E-state index contributed by atoms with van der Waals surface area (Å²) >= 11 is 5.91. The summed E-state index contributed by atoms with van der Waals surface area (Å²) < 4.78 is 0. The Balaban J connectivity index is 1.53. The fourth-order valence-electron chi connectivity index (χ4n) is 3.90. The van der Waals surface area contributed by atoms with E-state index in [4.69, 9.17) is 11.6 Å². The Morgan fingerprint density at radius 3 is 2.32 bits per heavy atom. The molecule has 1 saturated heterocycles. The average molecular weight is 442 g/mol. The van der Waals surface area contributed by atoms with Gasteiger partial charge < -0.3 is 10.6 Å². The molecule has 0 aliphatic carbocycles. The van der Waals surface area contributed by atoms with Gasteiger partial charge in [0.1, 0.15) is 6.04 Å². The van der Waals surface area contributed by atoms with Gasteiger partial charge >= 0.3 is 0 Å². The fraction of sp³-hybridized carbons (Fsp3) is 0.440. The Hall–Kier alpha value is -2.37. The monoisotopic (exact) mass is 441 g/mol. The highest BCUT2D eigenvalue weighted by atomic mass is 35.5. The second kappa shape index (κ2) is 11.3. The van der Waals surface area contributed by atoms with Gasteiger partial charge in [0.2, 0.25) is 5.91 Å². The number of hydrogen-bond donors (Lipinski definition) is 2. The van der Waals surface area contributed by atoms with E-state index in [1.165, 1.54) is 5.56 Å². The van der Waals surface area contributed by atoms with Crippen LogP contribution in [-0.2, 0) is 11.3 Å². The van der Waals surface area contributed by atoms with Gasteiger partial charge in [0.15, 0.2) is 0 Å². The summed E-state index contributed by atoms with van der Waals surface area (Å²) in [6.45, 7) is 6.86. The number of benzene rings is 2. The number of amides is 2. The van der Waals surface area contributed by atoms with Crippen LogP contribution in [0.15, 0.2) is 54.6 Å². The Morgan fingerprint density at radius 2 is 1.71 bits per heavy atom. The molecule has 0 radical (unpaired) electrons. The molecule has 2 aromatic carbocycles. The number of carbonyl (C=O) groups excluding carboxylic acids is 2. The van der Waals surface area contributed by atoms with Crippen molar-refractivity contribution in [2.75, 3.05) is 13.1 Å². The largest absolute Gasteiger partial charge is 0.351 e. The number of rotatable bonds is 8. The second-order valence-electron chi connectivity index (χ2n) is 8.39. The lowest BCUT2D eigenvalue weighted by molar-refractivity contribution is -0.125. The molecule has 5 nitrogen and oxygen atoms in total. The molecule has 2 amide bonds. The van der Waals surface area contributed by atoms with Crippen LogP contribution >= 0.6 is 11.6 Å². The SMILES string of the molecule is CCC(C)C(NC(=O)c1ccc(Cl)cc1)C(=O)NC1CCN(Cc2ccccc2)CC1. The maximum absolute atomic E-state index is 13.0. The lowest BCUT2D eigenvalue weighted by Gasteiger charge is -2.34. The molecular formula is C25H32ClN3O2. The number of likely N-dealkylation sites (tertiary alicyclic amines) is 1. The Bertz CT molecular complexity index is 849. The van der Waals surface area contributed by atoms with E-state index in [0.29, 0.717) is 10.6 Å². The first-order chi connectivity index (χ1) is 15.0. The van der Waals surface area contributed by atoms with Gasteiger partial charge in [-0.25, -0.2) is 0 Å². The van der Waals surface area contributed by atoms with Crippen molar-refractivity contribution in [2.24, 2.45) is 5.92 Å². The molecule has 166 valence electrons. The first-order valence-electron chi connectivity index (χ1n) is 11.1. The van der Waals surface area contributed by atoms with Crippen molar-refractivity contribution in [1.29, 1.82) is 0 Å². The highest BCUT2D eigenvalue weighted by Gasteiger charge is 2.29. The van der Waals surface area contributed by atoms with Crippen molar-refractivity contribution in [3.05, 3.63) is 70.7 Å². The molecule has 2 N–H and O–H groups in total. The third-order valence-corrected chi connectivity index (χ3v) is 6.32. The van der Waals surface area contributed by atoms with Crippen molar-refractivity contribution in [3.63, 3.8) is 0 Å². The molecule has 1 aliphatic heterocycles. The summed E-state index contributed by atoms with van der Waals surface area (Å²) in [5.41, 5.74) is 1.81. The van der Waals surface area contributed by atoms with E-state index in [2.05, 4.69) is 39.8 Å². The van der Waals surface area contributed by atoms with Gasteiger partial charge in [-0.2, -0.15) is 0 Å². The van der Waals surface area contributed by atoms with Crippen molar-refractivity contribution >= 4 is 23.4 Å². The van der Waals surface area contributed by atoms with Crippen LogP contribution in [0.4, 0.5) is 0 Å². The summed E-state index contributed by atoms with van der Waals surface area (Å²) in [6.07, 6.45) is 2.63. The minimum Gasteiger partial charge on any atom is -0.351 e. The van der Waals surface area contributed by atoms with E-state index in [-0.39, 0.29) is 23.8 Å². The summed E-state index contributed by atoms with van der Waals surface area (Å²) in [6, 6.07) is 16.7. The zero-order chi connectivity index (χ0) is 22.2. The van der Waals surface area contributed by atoms with E-state index in [0.717, 1.165) is 38.9 Å². The maximum Gasteiger partial charge on any atom is 0.251 e. The second-order valence-corrected chi connectivity index (χ2v) is 8.82. The smallest absolute Gasteiger partial charge is 0.251 e. The van der Waals surface area contributed by atoms with Crippen molar-refractivity contribution in [1.82, 2.24) is 15.5 Å². The van der Waals surface area contributed by atoms with Crippen LogP contribution in [0.1, 0.15) is 49.0 Å². The molecule has 1 aliphatic rings. The molecule has 3 rings (SSSR count). The van der Waals surface area contributed by atoms with Crippen LogP contribution in [0.3, 0.4) is 0 Å². The third kappa shape index (κ3) is 6.81. The predicted molar refractivity (Wildman–Crippen MR) is 125 cm³/mol. The van der Waals surface area contributed by atoms with E-state index < -0.39 is 6.04 Å². The van der Waals surface area contributed by atoms with Gasteiger partial charge in [0.05, 0.1) is 0 Å². The molecule has 2 aromatic rings. The summed E-state index contributed by atoms with van der Waals surface area (Å²) in [7, 11) is 0. The van der Waals surface area contributed by atoms with Crippen LogP contribution in [0.2, 0.25) is 5.02 Å².